The first-order chi connectivity index (χ1) is 17.1. The Morgan fingerprint density at radius 3 is 2.42 bits per heavy atom. The van der Waals surface area contributed by atoms with Crippen molar-refractivity contribution in [3.05, 3.63) is 87.8 Å². The number of imidazole rings is 1. The van der Waals surface area contributed by atoms with Crippen LogP contribution in [-0.4, -0.2) is 41.4 Å². The van der Waals surface area contributed by atoms with Crippen molar-refractivity contribution in [3.8, 4) is 0 Å². The lowest BCUT2D eigenvalue weighted by atomic mass is 10.1. The molecule has 1 amide bonds. The number of carbonyl (C=O) groups excluding carboxylic acids is 2. The highest BCUT2D eigenvalue weighted by atomic mass is 35.5. The number of hydrogen-bond acceptors (Lipinski definition) is 7. The summed E-state index contributed by atoms with van der Waals surface area (Å²) in [5, 5.41) is 0.361. The monoisotopic (exact) mass is 526 g/mol. The molecule has 11 heteroatoms. The molecule has 0 aliphatic heterocycles. The molecule has 0 aliphatic carbocycles. The average molecular weight is 527 g/mol. The van der Waals surface area contributed by atoms with E-state index in [4.69, 9.17) is 16.3 Å². The van der Waals surface area contributed by atoms with Gasteiger partial charge < -0.3 is 9.30 Å². The number of pyridine rings is 1. The summed E-state index contributed by atoms with van der Waals surface area (Å²) in [6.45, 7) is 5.86. The number of hydrogen-bond donors (Lipinski definition) is 1. The predicted molar refractivity (Wildman–Crippen MR) is 135 cm³/mol. The third-order valence-corrected chi connectivity index (χ3v) is 7.17. The van der Waals surface area contributed by atoms with E-state index in [1.807, 2.05) is 6.92 Å². The van der Waals surface area contributed by atoms with Gasteiger partial charge in [-0.05, 0) is 62.7 Å². The number of aryl methyl sites for hydroxylation is 2. The van der Waals surface area contributed by atoms with Gasteiger partial charge in [-0.15, -0.1) is 0 Å². The number of rotatable bonds is 7. The first-order valence-electron chi connectivity index (χ1n) is 11.0. The van der Waals surface area contributed by atoms with Gasteiger partial charge in [0, 0.05) is 5.02 Å². The van der Waals surface area contributed by atoms with Gasteiger partial charge >= 0.3 is 5.97 Å². The van der Waals surface area contributed by atoms with E-state index in [1.54, 1.807) is 48.7 Å². The van der Waals surface area contributed by atoms with Gasteiger partial charge in [0.05, 0.1) is 23.6 Å². The van der Waals surface area contributed by atoms with Crippen molar-refractivity contribution in [2.45, 2.75) is 32.2 Å². The number of carbonyl (C=O) groups is 2. The number of aromatic nitrogens is 3. The molecule has 1 N–H and O–H groups in total. The summed E-state index contributed by atoms with van der Waals surface area (Å²) in [5.74, 6) is -0.708. The second-order valence-electron chi connectivity index (χ2n) is 8.06. The number of nitrogens with zero attached hydrogens (tertiary/aromatic N) is 3. The fourth-order valence-electron chi connectivity index (χ4n) is 3.57. The Kier molecular flexibility index (Phi) is 7.09. The van der Waals surface area contributed by atoms with Crippen LogP contribution in [0.5, 0.6) is 0 Å². The topological polar surface area (TPSA) is 120 Å². The molecule has 4 aromatic rings. The van der Waals surface area contributed by atoms with Gasteiger partial charge in [-0.25, -0.2) is 27.9 Å². The Balaban J connectivity index is 1.62. The minimum atomic E-state index is -4.07. The summed E-state index contributed by atoms with van der Waals surface area (Å²) in [6, 6.07) is 14.0. The minimum Gasteiger partial charge on any atom is -0.462 e. The lowest BCUT2D eigenvalue weighted by Gasteiger charge is -2.11. The van der Waals surface area contributed by atoms with E-state index in [2.05, 4.69) is 14.7 Å². The lowest BCUT2D eigenvalue weighted by Crippen LogP contribution is -2.31. The van der Waals surface area contributed by atoms with Gasteiger partial charge in [-0.3, -0.25) is 4.79 Å². The highest BCUT2D eigenvalue weighted by Gasteiger charge is 2.21. The SMILES string of the molecule is CCOC(=O)c1ccc(Cn2c(C)nc3ccc(C(=O)NS(=O)(=O)c4ccc(C)cc4)nc32)c(Cl)c1. The van der Waals surface area contributed by atoms with Gasteiger partial charge in [0.1, 0.15) is 17.0 Å². The smallest absolute Gasteiger partial charge is 0.338 e. The van der Waals surface area contributed by atoms with Crippen molar-refractivity contribution < 1.29 is 22.7 Å². The van der Waals surface area contributed by atoms with Crippen LogP contribution in [0.4, 0.5) is 0 Å². The quantitative estimate of drug-likeness (QED) is 0.361. The standard InChI is InChI=1S/C25H23ClN4O5S/c1-4-35-25(32)17-7-8-18(20(26)13-17)14-30-16(3)27-21-11-12-22(28-23(21)30)24(31)29-36(33,34)19-9-5-15(2)6-10-19/h5-13H,4,14H2,1-3H3,(H,29,31). The highest BCUT2D eigenvalue weighted by molar-refractivity contribution is 7.90. The van der Waals surface area contributed by atoms with Crippen LogP contribution in [0.15, 0.2) is 59.5 Å². The molecule has 0 spiro atoms. The Labute approximate surface area is 213 Å². The summed E-state index contributed by atoms with van der Waals surface area (Å²) < 4.78 is 34.1. The Morgan fingerprint density at radius 1 is 1.03 bits per heavy atom. The molecule has 0 saturated carbocycles. The number of benzene rings is 2. The van der Waals surface area contributed by atoms with Crippen molar-refractivity contribution in [1.29, 1.82) is 0 Å². The molecular weight excluding hydrogens is 504 g/mol. The zero-order chi connectivity index (χ0) is 26.0. The average Bonchev–Trinajstić information content (AvgIpc) is 3.14. The number of amides is 1. The number of halogens is 1. The fourth-order valence-corrected chi connectivity index (χ4v) is 4.77. The lowest BCUT2D eigenvalue weighted by molar-refractivity contribution is 0.0526. The molecule has 186 valence electrons. The molecule has 0 unspecified atom stereocenters. The number of sulfonamides is 1. The fraction of sp³-hybridized carbons (Fsp3) is 0.200. The number of fused-ring (bicyclic) bond motifs is 1. The second kappa shape index (κ2) is 10.1. The summed E-state index contributed by atoms with van der Waals surface area (Å²) in [4.78, 5) is 33.6. The molecule has 0 aliphatic rings. The van der Waals surface area contributed by atoms with Crippen LogP contribution >= 0.6 is 11.6 Å². The first-order valence-corrected chi connectivity index (χ1v) is 12.9. The third kappa shape index (κ3) is 5.24. The van der Waals surface area contributed by atoms with Crippen LogP contribution < -0.4 is 4.72 Å². The van der Waals surface area contributed by atoms with Crippen LogP contribution in [0.25, 0.3) is 11.2 Å². The Hall–Kier alpha value is -3.76. The predicted octanol–water partition coefficient (Wildman–Crippen LogP) is 4.05. The van der Waals surface area contributed by atoms with Crippen LogP contribution in [0.2, 0.25) is 5.02 Å². The Morgan fingerprint density at radius 2 is 1.75 bits per heavy atom. The molecule has 0 radical (unpaired) electrons. The van der Waals surface area contributed by atoms with Gasteiger partial charge in [-0.1, -0.05) is 35.4 Å². The molecule has 0 fully saturated rings. The maximum absolute atomic E-state index is 12.8. The van der Waals surface area contributed by atoms with Crippen molar-refractivity contribution in [3.63, 3.8) is 0 Å². The molecule has 2 aromatic heterocycles. The molecule has 0 saturated heterocycles. The van der Waals surface area contributed by atoms with E-state index in [0.29, 0.717) is 33.1 Å². The molecule has 2 heterocycles. The van der Waals surface area contributed by atoms with Crippen molar-refractivity contribution in [1.82, 2.24) is 19.3 Å². The number of nitrogens with one attached hydrogen (secondary N) is 1. The molecule has 36 heavy (non-hydrogen) atoms. The Bertz CT molecular complexity index is 1580. The van der Waals surface area contributed by atoms with Gasteiger partial charge in [0.2, 0.25) is 0 Å². The normalized spacial score (nSPS) is 11.4. The molecule has 4 rings (SSSR count). The van der Waals surface area contributed by atoms with E-state index in [0.717, 1.165) is 5.56 Å². The summed E-state index contributed by atoms with van der Waals surface area (Å²) in [5.41, 5.74) is 2.77. The zero-order valence-corrected chi connectivity index (χ0v) is 21.4. The number of esters is 1. The highest BCUT2D eigenvalue weighted by Crippen LogP contribution is 2.23. The first kappa shape index (κ1) is 25.3. The van der Waals surface area contributed by atoms with Crippen molar-refractivity contribution in [2.75, 3.05) is 6.61 Å². The van der Waals surface area contributed by atoms with Crippen molar-refractivity contribution >= 4 is 44.7 Å². The number of ether oxygens (including phenoxy) is 1. The van der Waals surface area contributed by atoms with Crippen LogP contribution in [0.1, 0.15) is 44.7 Å². The van der Waals surface area contributed by atoms with E-state index >= 15 is 0 Å². The van der Waals surface area contributed by atoms with Crippen LogP contribution in [0.3, 0.4) is 0 Å². The van der Waals surface area contributed by atoms with Gasteiger partial charge in [0.25, 0.3) is 15.9 Å². The van der Waals surface area contributed by atoms with Gasteiger partial charge in [0.15, 0.2) is 5.65 Å². The van der Waals surface area contributed by atoms with E-state index in [1.165, 1.54) is 24.3 Å². The summed E-state index contributed by atoms with van der Waals surface area (Å²) >= 11 is 6.42. The molecular formula is C25H23ClN4O5S. The van der Waals surface area contributed by atoms with Crippen LogP contribution in [0, 0.1) is 13.8 Å². The van der Waals surface area contributed by atoms with E-state index in [-0.39, 0.29) is 23.7 Å². The summed E-state index contributed by atoms with van der Waals surface area (Å²) in [6.07, 6.45) is 0. The van der Waals surface area contributed by atoms with E-state index < -0.39 is 21.9 Å². The molecule has 0 bridgehead atoms. The maximum Gasteiger partial charge on any atom is 0.338 e. The third-order valence-electron chi connectivity index (χ3n) is 5.47. The van der Waals surface area contributed by atoms with E-state index in [9.17, 15) is 18.0 Å². The molecule has 9 nitrogen and oxygen atoms in total. The largest absolute Gasteiger partial charge is 0.462 e. The molecule has 2 aromatic carbocycles. The van der Waals surface area contributed by atoms with Crippen molar-refractivity contribution in [2.24, 2.45) is 0 Å². The van der Waals surface area contributed by atoms with Gasteiger partial charge in [-0.2, -0.15) is 0 Å². The molecule has 0 atom stereocenters. The summed E-state index contributed by atoms with van der Waals surface area (Å²) in [7, 11) is -4.07. The second-order valence-corrected chi connectivity index (χ2v) is 10.1. The minimum absolute atomic E-state index is 0.0238. The maximum atomic E-state index is 12.8. The zero-order valence-electron chi connectivity index (χ0n) is 19.8. The van der Waals surface area contributed by atoms with Crippen LogP contribution in [-0.2, 0) is 21.3 Å².